The Bertz CT molecular complexity index is 352. The first-order valence-corrected chi connectivity index (χ1v) is 7.67. The molecule has 3 heteroatoms. The Morgan fingerprint density at radius 1 is 1.32 bits per heavy atom. The van der Waals surface area contributed by atoms with Crippen LogP contribution in [0, 0.1) is 17.3 Å². The van der Waals surface area contributed by atoms with Crippen molar-refractivity contribution in [3.63, 3.8) is 0 Å². The van der Waals surface area contributed by atoms with Crippen LogP contribution in [0.5, 0.6) is 0 Å². The van der Waals surface area contributed by atoms with Crippen LogP contribution in [0.25, 0.3) is 0 Å². The molecular formula is C16H30N2O. The fraction of sp³-hybridized carbons (Fsp3) is 0.875. The summed E-state index contributed by atoms with van der Waals surface area (Å²) in [6, 6.07) is 0.489. The first-order valence-electron chi connectivity index (χ1n) is 7.67. The molecule has 19 heavy (non-hydrogen) atoms. The van der Waals surface area contributed by atoms with Gasteiger partial charge in [-0.15, -0.1) is 0 Å². The average Bonchev–Trinajstić information content (AvgIpc) is 2.73. The average molecular weight is 266 g/mol. The van der Waals surface area contributed by atoms with Gasteiger partial charge in [0.05, 0.1) is 12.6 Å². The molecular weight excluding hydrogens is 236 g/mol. The Morgan fingerprint density at radius 2 is 1.95 bits per heavy atom. The summed E-state index contributed by atoms with van der Waals surface area (Å²) in [5.41, 5.74) is 6.98. The van der Waals surface area contributed by atoms with E-state index in [0.717, 1.165) is 13.2 Å². The summed E-state index contributed by atoms with van der Waals surface area (Å²) in [4.78, 5) is 0. The van der Waals surface area contributed by atoms with E-state index in [0.29, 0.717) is 23.3 Å². The summed E-state index contributed by atoms with van der Waals surface area (Å²) in [5.74, 6) is 1.34. The molecule has 0 radical (unpaired) electrons. The third-order valence-electron chi connectivity index (χ3n) is 5.28. The number of piperidine rings is 1. The Balaban J connectivity index is 2.41. The molecule has 0 aliphatic carbocycles. The van der Waals surface area contributed by atoms with Crippen molar-refractivity contribution in [3.8, 4) is 0 Å². The molecule has 1 fully saturated rings. The van der Waals surface area contributed by atoms with Crippen molar-refractivity contribution in [1.82, 2.24) is 10.4 Å². The van der Waals surface area contributed by atoms with Crippen molar-refractivity contribution >= 4 is 0 Å². The van der Waals surface area contributed by atoms with Gasteiger partial charge in [-0.25, -0.2) is 5.43 Å². The summed E-state index contributed by atoms with van der Waals surface area (Å²) in [7, 11) is 1.80. The number of hydrogen-bond donors (Lipinski definition) is 1. The molecule has 110 valence electrons. The van der Waals surface area contributed by atoms with E-state index in [9.17, 15) is 0 Å². The molecule has 2 aliphatic heterocycles. The van der Waals surface area contributed by atoms with Gasteiger partial charge in [0.2, 0.25) is 0 Å². The van der Waals surface area contributed by atoms with Crippen LogP contribution in [0.1, 0.15) is 47.5 Å². The number of fused-ring (bicyclic) bond motifs is 1. The molecule has 0 bridgehead atoms. The molecule has 0 spiro atoms. The molecule has 0 aromatic heterocycles. The van der Waals surface area contributed by atoms with Crippen LogP contribution in [-0.4, -0.2) is 31.3 Å². The molecule has 2 rings (SSSR count). The van der Waals surface area contributed by atoms with E-state index < -0.39 is 0 Å². The first-order chi connectivity index (χ1) is 8.95. The maximum atomic E-state index is 5.41. The predicted octanol–water partition coefficient (Wildman–Crippen LogP) is 3.19. The summed E-state index contributed by atoms with van der Waals surface area (Å²) in [6.07, 6.45) is 2.50. The van der Waals surface area contributed by atoms with Gasteiger partial charge in [0.25, 0.3) is 0 Å². The summed E-state index contributed by atoms with van der Waals surface area (Å²) >= 11 is 0. The minimum Gasteiger partial charge on any atom is -0.382 e. The number of allylic oxidation sites excluding steroid dienone is 1. The lowest BCUT2D eigenvalue weighted by atomic mass is 9.61. The van der Waals surface area contributed by atoms with Crippen molar-refractivity contribution in [3.05, 3.63) is 11.3 Å². The van der Waals surface area contributed by atoms with Gasteiger partial charge < -0.3 is 9.75 Å². The molecule has 1 atom stereocenters. The van der Waals surface area contributed by atoms with Gasteiger partial charge in [-0.2, -0.15) is 0 Å². The predicted molar refractivity (Wildman–Crippen MR) is 79.5 cm³/mol. The van der Waals surface area contributed by atoms with Crippen molar-refractivity contribution in [2.45, 2.75) is 53.5 Å². The van der Waals surface area contributed by atoms with E-state index in [1.54, 1.807) is 12.8 Å². The molecule has 0 amide bonds. The fourth-order valence-corrected chi connectivity index (χ4v) is 4.30. The fourth-order valence-electron chi connectivity index (χ4n) is 4.30. The number of ether oxygens (including phenoxy) is 1. The van der Waals surface area contributed by atoms with Crippen LogP contribution in [-0.2, 0) is 4.74 Å². The quantitative estimate of drug-likeness (QED) is 0.846. The van der Waals surface area contributed by atoms with Gasteiger partial charge in [0, 0.05) is 24.8 Å². The third-order valence-corrected chi connectivity index (χ3v) is 5.28. The number of hydrogen-bond acceptors (Lipinski definition) is 3. The molecule has 0 aromatic rings. The monoisotopic (exact) mass is 266 g/mol. The van der Waals surface area contributed by atoms with Gasteiger partial charge in [-0.3, -0.25) is 0 Å². The number of methoxy groups -OCH3 is 1. The van der Waals surface area contributed by atoms with Crippen molar-refractivity contribution in [2.75, 3.05) is 20.3 Å². The summed E-state index contributed by atoms with van der Waals surface area (Å²) in [5, 5.41) is 2.43. The highest BCUT2D eigenvalue weighted by Crippen LogP contribution is 2.53. The second-order valence-corrected chi connectivity index (χ2v) is 6.83. The van der Waals surface area contributed by atoms with Crippen LogP contribution in [0.15, 0.2) is 11.3 Å². The zero-order valence-electron chi connectivity index (χ0n) is 13.4. The van der Waals surface area contributed by atoms with E-state index >= 15 is 0 Å². The molecule has 3 nitrogen and oxygen atoms in total. The van der Waals surface area contributed by atoms with E-state index in [4.69, 9.17) is 4.74 Å². The maximum absolute atomic E-state index is 5.41. The number of nitrogens with zero attached hydrogens (tertiary/aromatic N) is 1. The van der Waals surface area contributed by atoms with Gasteiger partial charge in [-0.05, 0) is 37.2 Å². The van der Waals surface area contributed by atoms with Gasteiger partial charge in [0.1, 0.15) is 0 Å². The van der Waals surface area contributed by atoms with Crippen LogP contribution >= 0.6 is 0 Å². The number of hydrazine groups is 1. The number of rotatable bonds is 4. The molecule has 0 saturated carbocycles. The van der Waals surface area contributed by atoms with Crippen molar-refractivity contribution in [2.24, 2.45) is 17.3 Å². The van der Waals surface area contributed by atoms with Crippen molar-refractivity contribution < 1.29 is 4.74 Å². The van der Waals surface area contributed by atoms with Gasteiger partial charge in [-0.1, -0.05) is 27.7 Å². The highest BCUT2D eigenvalue weighted by molar-refractivity contribution is 5.29. The molecule has 2 aliphatic rings. The molecule has 0 aromatic carbocycles. The molecule has 0 unspecified atom stereocenters. The Kier molecular flexibility index (Phi) is 4.26. The Morgan fingerprint density at radius 3 is 2.47 bits per heavy atom. The zero-order chi connectivity index (χ0) is 14.2. The van der Waals surface area contributed by atoms with Gasteiger partial charge in [0.15, 0.2) is 0 Å². The lowest BCUT2D eigenvalue weighted by molar-refractivity contribution is -0.00984. The zero-order valence-corrected chi connectivity index (χ0v) is 13.4. The maximum Gasteiger partial charge on any atom is 0.0685 e. The summed E-state index contributed by atoms with van der Waals surface area (Å²) < 4.78 is 5.41. The normalized spacial score (nSPS) is 26.5. The highest BCUT2D eigenvalue weighted by Gasteiger charge is 2.50. The van der Waals surface area contributed by atoms with Crippen LogP contribution in [0.3, 0.4) is 0 Å². The minimum atomic E-state index is 0.317. The van der Waals surface area contributed by atoms with E-state index in [2.05, 4.69) is 45.1 Å². The molecule has 2 heterocycles. The number of nitrogens with one attached hydrogen (secondary N) is 1. The molecule has 1 saturated heterocycles. The lowest BCUT2D eigenvalue weighted by Crippen LogP contribution is -2.54. The second-order valence-electron chi connectivity index (χ2n) is 6.83. The van der Waals surface area contributed by atoms with E-state index in [1.165, 1.54) is 18.4 Å². The second kappa shape index (κ2) is 5.45. The van der Waals surface area contributed by atoms with Gasteiger partial charge >= 0.3 is 0 Å². The highest BCUT2D eigenvalue weighted by atomic mass is 16.5. The smallest absolute Gasteiger partial charge is 0.0685 e. The van der Waals surface area contributed by atoms with Crippen LogP contribution in [0.4, 0.5) is 0 Å². The molecule has 1 N–H and O–H groups in total. The largest absolute Gasteiger partial charge is 0.382 e. The van der Waals surface area contributed by atoms with E-state index in [1.807, 2.05) is 0 Å². The Hall–Kier alpha value is -0.540. The topological polar surface area (TPSA) is 24.5 Å². The third kappa shape index (κ3) is 2.21. The standard InChI is InChI=1S/C16H30N2O/c1-11(2)16(12(3)4)8-7-14(10-19-6)18-15(16)13(5)9-17-18/h11-12,14,17H,7-10H2,1-6H3/t14-/m0/s1. The van der Waals surface area contributed by atoms with E-state index in [-0.39, 0.29) is 0 Å². The van der Waals surface area contributed by atoms with Crippen LogP contribution in [0.2, 0.25) is 0 Å². The van der Waals surface area contributed by atoms with Crippen LogP contribution < -0.4 is 5.43 Å². The SMILES string of the molecule is COC[C@@H]1CCC(C(C)C)(C(C)C)C2=C(C)CNN21. The van der Waals surface area contributed by atoms with Crippen molar-refractivity contribution in [1.29, 1.82) is 0 Å². The first kappa shape index (κ1) is 14.9. The minimum absolute atomic E-state index is 0.317. The summed E-state index contributed by atoms with van der Waals surface area (Å²) in [6.45, 7) is 13.6. The Labute approximate surface area is 118 Å². The lowest BCUT2D eigenvalue weighted by Gasteiger charge is -2.52.